The number of anilines is 1. The Labute approximate surface area is 123 Å². The van der Waals surface area contributed by atoms with Crippen molar-refractivity contribution in [3.8, 4) is 6.07 Å². The molecule has 112 valence electrons. The Morgan fingerprint density at radius 1 is 1.43 bits per heavy atom. The van der Waals surface area contributed by atoms with Gasteiger partial charge in [-0.05, 0) is 31.0 Å². The smallest absolute Gasteiger partial charge is 0.305 e. The number of benzene rings is 1. The third kappa shape index (κ3) is 3.15. The third-order valence-corrected chi connectivity index (χ3v) is 4.42. The van der Waals surface area contributed by atoms with Crippen LogP contribution in [0.25, 0.3) is 0 Å². The van der Waals surface area contributed by atoms with Crippen LogP contribution in [-0.2, 0) is 4.79 Å². The van der Waals surface area contributed by atoms with Crippen molar-refractivity contribution in [3.05, 3.63) is 29.6 Å². The van der Waals surface area contributed by atoms with Crippen molar-refractivity contribution >= 4 is 11.7 Å². The summed E-state index contributed by atoms with van der Waals surface area (Å²) in [6, 6.07) is 6.07. The van der Waals surface area contributed by atoms with Crippen LogP contribution in [0.4, 0.5) is 10.1 Å². The van der Waals surface area contributed by atoms with Gasteiger partial charge in [0.1, 0.15) is 11.9 Å². The van der Waals surface area contributed by atoms with E-state index in [1.807, 2.05) is 18.0 Å². The Morgan fingerprint density at radius 3 is 2.67 bits per heavy atom. The molecule has 0 bridgehead atoms. The summed E-state index contributed by atoms with van der Waals surface area (Å²) >= 11 is 0. The molecular formula is C16H19FN2O2. The number of rotatable bonds is 4. The normalized spacial score (nSPS) is 17.0. The molecular weight excluding hydrogens is 271 g/mol. The summed E-state index contributed by atoms with van der Waals surface area (Å²) in [5.74, 6) is -1.30. The minimum atomic E-state index is -0.843. The standard InChI is InChI=1S/C16H19FN2O2/c1-19(14-6-5-13(17)9-12(14)11-18)16(10-15(20)21)7-3-2-4-8-16/h5-6,9H,2-4,7-8,10H2,1H3,(H,20,21). The van der Waals surface area contributed by atoms with Crippen molar-refractivity contribution in [3.63, 3.8) is 0 Å². The highest BCUT2D eigenvalue weighted by molar-refractivity contribution is 5.71. The average molecular weight is 290 g/mol. The molecule has 0 spiro atoms. The maximum atomic E-state index is 13.3. The zero-order valence-electron chi connectivity index (χ0n) is 12.1. The number of carboxylic acids is 1. The second kappa shape index (κ2) is 6.13. The van der Waals surface area contributed by atoms with Gasteiger partial charge in [0.05, 0.1) is 23.2 Å². The SMILES string of the molecule is CN(c1ccc(F)cc1C#N)C1(CC(=O)O)CCCCC1. The van der Waals surface area contributed by atoms with Crippen LogP contribution in [0.5, 0.6) is 0 Å². The van der Waals surface area contributed by atoms with Crippen molar-refractivity contribution < 1.29 is 14.3 Å². The first-order valence-corrected chi connectivity index (χ1v) is 7.14. The van der Waals surface area contributed by atoms with Crippen molar-refractivity contribution in [2.45, 2.75) is 44.1 Å². The quantitative estimate of drug-likeness (QED) is 0.924. The maximum absolute atomic E-state index is 13.3. The van der Waals surface area contributed by atoms with Crippen LogP contribution < -0.4 is 4.90 Å². The lowest BCUT2D eigenvalue weighted by Crippen LogP contribution is -2.50. The van der Waals surface area contributed by atoms with Gasteiger partial charge in [-0.15, -0.1) is 0 Å². The minimum absolute atomic E-state index is 0.0335. The Balaban J connectivity index is 2.41. The highest BCUT2D eigenvalue weighted by atomic mass is 19.1. The van der Waals surface area contributed by atoms with Crippen LogP contribution in [0, 0.1) is 17.1 Å². The third-order valence-electron chi connectivity index (χ3n) is 4.42. The van der Waals surface area contributed by atoms with E-state index >= 15 is 0 Å². The van der Waals surface area contributed by atoms with E-state index in [-0.39, 0.29) is 12.0 Å². The molecule has 0 radical (unpaired) electrons. The van der Waals surface area contributed by atoms with Gasteiger partial charge < -0.3 is 10.0 Å². The molecule has 1 aliphatic carbocycles. The number of nitrogens with zero attached hydrogens (tertiary/aromatic N) is 2. The van der Waals surface area contributed by atoms with Crippen LogP contribution in [0.2, 0.25) is 0 Å². The van der Waals surface area contributed by atoms with Crippen LogP contribution >= 0.6 is 0 Å². The van der Waals surface area contributed by atoms with E-state index in [4.69, 9.17) is 0 Å². The summed E-state index contributed by atoms with van der Waals surface area (Å²) < 4.78 is 13.3. The van der Waals surface area contributed by atoms with Gasteiger partial charge in [0.15, 0.2) is 0 Å². The zero-order valence-corrected chi connectivity index (χ0v) is 12.1. The number of hydrogen-bond donors (Lipinski definition) is 1. The lowest BCUT2D eigenvalue weighted by atomic mass is 9.77. The molecule has 1 saturated carbocycles. The lowest BCUT2D eigenvalue weighted by molar-refractivity contribution is -0.138. The van der Waals surface area contributed by atoms with E-state index in [1.165, 1.54) is 12.1 Å². The van der Waals surface area contributed by atoms with Gasteiger partial charge in [0.25, 0.3) is 0 Å². The van der Waals surface area contributed by atoms with Gasteiger partial charge in [0.2, 0.25) is 0 Å². The van der Waals surface area contributed by atoms with Crippen LogP contribution in [-0.4, -0.2) is 23.7 Å². The van der Waals surface area contributed by atoms with Crippen LogP contribution in [0.15, 0.2) is 18.2 Å². The molecule has 1 fully saturated rings. The molecule has 0 atom stereocenters. The second-order valence-corrected chi connectivity index (χ2v) is 5.69. The Morgan fingerprint density at radius 2 is 2.10 bits per heavy atom. The van der Waals surface area contributed by atoms with Gasteiger partial charge in [-0.2, -0.15) is 5.26 Å². The second-order valence-electron chi connectivity index (χ2n) is 5.69. The molecule has 1 N–H and O–H groups in total. The highest BCUT2D eigenvalue weighted by Gasteiger charge is 2.39. The monoisotopic (exact) mass is 290 g/mol. The fraction of sp³-hybridized carbons (Fsp3) is 0.500. The van der Waals surface area contributed by atoms with Crippen LogP contribution in [0.3, 0.4) is 0 Å². The van der Waals surface area contributed by atoms with Gasteiger partial charge in [-0.25, -0.2) is 4.39 Å². The Kier molecular flexibility index (Phi) is 4.46. The Hall–Kier alpha value is -2.09. The van der Waals surface area contributed by atoms with E-state index in [0.717, 1.165) is 32.1 Å². The fourth-order valence-corrected chi connectivity index (χ4v) is 3.27. The van der Waals surface area contributed by atoms with E-state index < -0.39 is 17.3 Å². The minimum Gasteiger partial charge on any atom is -0.481 e. The zero-order chi connectivity index (χ0) is 15.5. The van der Waals surface area contributed by atoms with E-state index in [9.17, 15) is 19.6 Å². The first kappa shape index (κ1) is 15.3. The molecule has 21 heavy (non-hydrogen) atoms. The van der Waals surface area contributed by atoms with Crippen LogP contribution in [0.1, 0.15) is 44.1 Å². The number of halogens is 1. The largest absolute Gasteiger partial charge is 0.481 e. The molecule has 0 saturated heterocycles. The molecule has 4 nitrogen and oxygen atoms in total. The topological polar surface area (TPSA) is 64.3 Å². The number of aliphatic carboxylic acids is 1. The molecule has 0 aromatic heterocycles. The van der Waals surface area contributed by atoms with E-state index in [2.05, 4.69) is 0 Å². The predicted molar refractivity (Wildman–Crippen MR) is 77.6 cm³/mol. The first-order valence-electron chi connectivity index (χ1n) is 7.14. The van der Waals surface area contributed by atoms with Gasteiger partial charge in [-0.1, -0.05) is 19.3 Å². The molecule has 0 aliphatic heterocycles. The Bertz CT molecular complexity index is 574. The van der Waals surface area contributed by atoms with Crippen molar-refractivity contribution in [1.29, 1.82) is 5.26 Å². The fourth-order valence-electron chi connectivity index (χ4n) is 3.27. The molecule has 1 aromatic carbocycles. The van der Waals surface area contributed by atoms with Gasteiger partial charge >= 0.3 is 5.97 Å². The predicted octanol–water partition coefficient (Wildman–Crippen LogP) is 3.31. The number of hydrogen-bond acceptors (Lipinski definition) is 3. The molecule has 1 aromatic rings. The van der Waals surface area contributed by atoms with Gasteiger partial charge in [0, 0.05) is 7.05 Å². The molecule has 0 heterocycles. The summed E-state index contributed by atoms with van der Waals surface area (Å²) in [6.45, 7) is 0. The molecule has 2 rings (SSSR count). The average Bonchev–Trinajstić information content (AvgIpc) is 2.46. The molecule has 0 amide bonds. The number of nitriles is 1. The lowest BCUT2D eigenvalue weighted by Gasteiger charge is -2.45. The molecule has 1 aliphatic rings. The summed E-state index contributed by atoms with van der Waals surface area (Å²) in [6.07, 6.45) is 4.63. The van der Waals surface area contributed by atoms with E-state index in [0.29, 0.717) is 5.69 Å². The van der Waals surface area contributed by atoms with Crippen molar-refractivity contribution in [2.24, 2.45) is 0 Å². The first-order chi connectivity index (χ1) is 9.98. The summed E-state index contributed by atoms with van der Waals surface area (Å²) in [5, 5.41) is 18.4. The van der Waals surface area contributed by atoms with Crippen molar-refractivity contribution in [1.82, 2.24) is 0 Å². The molecule has 0 unspecified atom stereocenters. The van der Waals surface area contributed by atoms with Crippen molar-refractivity contribution in [2.75, 3.05) is 11.9 Å². The highest BCUT2D eigenvalue weighted by Crippen LogP contribution is 2.39. The van der Waals surface area contributed by atoms with E-state index in [1.54, 1.807) is 6.07 Å². The molecule has 5 heteroatoms. The summed E-state index contributed by atoms with van der Waals surface area (Å²) in [4.78, 5) is 13.1. The summed E-state index contributed by atoms with van der Waals surface area (Å²) in [7, 11) is 1.81. The number of carbonyl (C=O) groups is 1. The maximum Gasteiger partial charge on any atom is 0.305 e. The van der Waals surface area contributed by atoms with Gasteiger partial charge in [-0.3, -0.25) is 4.79 Å². The number of carboxylic acid groups (broad SMARTS) is 1. The summed E-state index contributed by atoms with van der Waals surface area (Å²) in [5.41, 5.74) is 0.350.